The molecular formula is C12H18N2O5S. The van der Waals surface area contributed by atoms with Crippen molar-refractivity contribution in [1.29, 1.82) is 0 Å². The second-order valence-corrected chi connectivity index (χ2v) is 5.97. The van der Waals surface area contributed by atoms with Crippen LogP contribution in [0.4, 0.5) is 0 Å². The molecule has 8 heteroatoms. The molecule has 1 atom stereocenters. The predicted octanol–water partition coefficient (Wildman–Crippen LogP) is -0.346. The maximum Gasteiger partial charge on any atom is 0.276 e. The molecule has 0 aromatic heterocycles. The summed E-state index contributed by atoms with van der Waals surface area (Å²) in [7, 11) is -1.18. The molecule has 0 aliphatic heterocycles. The first-order chi connectivity index (χ1) is 9.27. The highest BCUT2D eigenvalue weighted by atomic mass is 32.2. The van der Waals surface area contributed by atoms with Crippen molar-refractivity contribution in [2.45, 2.75) is 17.9 Å². The zero-order valence-electron chi connectivity index (χ0n) is 11.5. The average Bonchev–Trinajstić information content (AvgIpc) is 2.43. The van der Waals surface area contributed by atoms with E-state index >= 15 is 0 Å². The lowest BCUT2D eigenvalue weighted by molar-refractivity contribution is -0.177. The number of sulfonamides is 1. The standard InChI is InChI=1S/C12H18N2O5S/c1-9-4-6-10(7-5-9)20(17,18)13-8-11(15)12(16)14(2)19-3/h4-7,11,13,15H,8H2,1-3H3. The van der Waals surface area contributed by atoms with Crippen LogP contribution in [-0.2, 0) is 19.7 Å². The third-order valence-corrected chi connectivity index (χ3v) is 4.11. The number of aryl methyl sites for hydroxylation is 1. The Morgan fingerprint density at radius 3 is 2.45 bits per heavy atom. The molecule has 0 bridgehead atoms. The summed E-state index contributed by atoms with van der Waals surface area (Å²) in [4.78, 5) is 16.2. The molecule has 0 saturated carbocycles. The van der Waals surface area contributed by atoms with E-state index in [1.165, 1.54) is 26.3 Å². The molecule has 7 nitrogen and oxygen atoms in total. The fourth-order valence-electron chi connectivity index (χ4n) is 1.38. The zero-order valence-corrected chi connectivity index (χ0v) is 12.3. The summed E-state index contributed by atoms with van der Waals surface area (Å²) in [5.74, 6) is -0.737. The first-order valence-electron chi connectivity index (χ1n) is 5.84. The Morgan fingerprint density at radius 1 is 1.40 bits per heavy atom. The summed E-state index contributed by atoms with van der Waals surface area (Å²) in [6.07, 6.45) is -1.51. The number of nitrogens with zero attached hydrogens (tertiary/aromatic N) is 1. The Hall–Kier alpha value is -1.48. The van der Waals surface area contributed by atoms with Gasteiger partial charge in [0.15, 0.2) is 0 Å². The smallest absolute Gasteiger partial charge is 0.276 e. The largest absolute Gasteiger partial charge is 0.382 e. The van der Waals surface area contributed by atoms with Crippen molar-refractivity contribution in [3.05, 3.63) is 29.8 Å². The number of amides is 1. The van der Waals surface area contributed by atoms with Gasteiger partial charge in [0.2, 0.25) is 10.0 Å². The Labute approximate surface area is 118 Å². The van der Waals surface area contributed by atoms with Crippen LogP contribution in [0.15, 0.2) is 29.2 Å². The SMILES string of the molecule is CON(C)C(=O)C(O)CNS(=O)(=O)c1ccc(C)cc1. The second kappa shape index (κ2) is 6.80. The average molecular weight is 302 g/mol. The minimum absolute atomic E-state index is 0.0721. The summed E-state index contributed by atoms with van der Waals surface area (Å²) in [6.45, 7) is 1.41. The second-order valence-electron chi connectivity index (χ2n) is 4.20. The van der Waals surface area contributed by atoms with Crippen LogP contribution < -0.4 is 4.72 Å². The summed E-state index contributed by atoms with van der Waals surface area (Å²) in [6, 6.07) is 6.23. The van der Waals surface area contributed by atoms with E-state index in [1.54, 1.807) is 12.1 Å². The van der Waals surface area contributed by atoms with Gasteiger partial charge in [0, 0.05) is 13.6 Å². The van der Waals surface area contributed by atoms with Gasteiger partial charge < -0.3 is 5.11 Å². The number of carbonyl (C=O) groups is 1. The zero-order chi connectivity index (χ0) is 15.3. The van der Waals surface area contributed by atoms with Crippen LogP contribution in [0.1, 0.15) is 5.56 Å². The number of nitrogens with one attached hydrogen (secondary N) is 1. The van der Waals surface area contributed by atoms with Gasteiger partial charge in [-0.15, -0.1) is 0 Å². The van der Waals surface area contributed by atoms with Gasteiger partial charge in [-0.05, 0) is 19.1 Å². The fourth-order valence-corrected chi connectivity index (χ4v) is 2.41. The van der Waals surface area contributed by atoms with E-state index < -0.39 is 28.6 Å². The highest BCUT2D eigenvalue weighted by Crippen LogP contribution is 2.09. The number of likely N-dealkylation sites (N-methyl/N-ethyl adjacent to an activating group) is 1. The van der Waals surface area contributed by atoms with Gasteiger partial charge in [0.05, 0.1) is 12.0 Å². The molecule has 0 aliphatic rings. The summed E-state index contributed by atoms with van der Waals surface area (Å²) in [5.41, 5.74) is 0.931. The number of benzene rings is 1. The molecule has 0 spiro atoms. The Kier molecular flexibility index (Phi) is 5.63. The Morgan fingerprint density at radius 2 is 1.95 bits per heavy atom. The molecule has 0 radical (unpaired) electrons. The van der Waals surface area contributed by atoms with Crippen LogP contribution in [0, 0.1) is 6.92 Å². The molecule has 1 unspecified atom stereocenters. The molecule has 1 rings (SSSR count). The summed E-state index contributed by atoms with van der Waals surface area (Å²) >= 11 is 0. The lowest BCUT2D eigenvalue weighted by Crippen LogP contribution is -2.43. The molecule has 0 fully saturated rings. The first-order valence-corrected chi connectivity index (χ1v) is 7.32. The number of aliphatic hydroxyl groups is 1. The van der Waals surface area contributed by atoms with Crippen LogP contribution in [0.2, 0.25) is 0 Å². The van der Waals surface area contributed by atoms with Gasteiger partial charge in [-0.3, -0.25) is 9.63 Å². The van der Waals surface area contributed by atoms with Gasteiger partial charge in [-0.25, -0.2) is 18.2 Å². The van der Waals surface area contributed by atoms with Crippen LogP contribution in [0.25, 0.3) is 0 Å². The van der Waals surface area contributed by atoms with E-state index in [4.69, 9.17) is 0 Å². The number of aliphatic hydroxyl groups excluding tert-OH is 1. The van der Waals surface area contributed by atoms with Crippen molar-refractivity contribution in [1.82, 2.24) is 9.79 Å². The Balaban J connectivity index is 2.69. The minimum Gasteiger partial charge on any atom is -0.382 e. The van der Waals surface area contributed by atoms with Crippen molar-refractivity contribution in [3.63, 3.8) is 0 Å². The normalized spacial score (nSPS) is 13.0. The Bertz CT molecular complexity index is 556. The molecule has 0 saturated heterocycles. The van der Waals surface area contributed by atoms with E-state index in [0.29, 0.717) is 0 Å². The maximum atomic E-state index is 11.9. The van der Waals surface area contributed by atoms with Crippen molar-refractivity contribution in [2.24, 2.45) is 0 Å². The van der Waals surface area contributed by atoms with Gasteiger partial charge in [-0.2, -0.15) is 0 Å². The van der Waals surface area contributed by atoms with Crippen LogP contribution in [-0.4, -0.2) is 51.3 Å². The molecule has 1 aromatic rings. The summed E-state index contributed by atoms with van der Waals surface area (Å²) < 4.78 is 26.0. The first kappa shape index (κ1) is 16.6. The van der Waals surface area contributed by atoms with Crippen LogP contribution in [0.3, 0.4) is 0 Å². The van der Waals surface area contributed by atoms with Crippen LogP contribution >= 0.6 is 0 Å². The summed E-state index contributed by atoms with van der Waals surface area (Å²) in [5, 5.41) is 10.4. The molecular weight excluding hydrogens is 284 g/mol. The van der Waals surface area contributed by atoms with E-state index in [0.717, 1.165) is 10.6 Å². The van der Waals surface area contributed by atoms with E-state index in [9.17, 15) is 18.3 Å². The van der Waals surface area contributed by atoms with Crippen molar-refractivity contribution in [2.75, 3.05) is 20.7 Å². The van der Waals surface area contributed by atoms with Gasteiger partial charge in [0.1, 0.15) is 6.10 Å². The van der Waals surface area contributed by atoms with E-state index in [-0.39, 0.29) is 4.90 Å². The van der Waals surface area contributed by atoms with Gasteiger partial charge in [-0.1, -0.05) is 17.7 Å². The molecule has 0 heterocycles. The highest BCUT2D eigenvalue weighted by molar-refractivity contribution is 7.89. The van der Waals surface area contributed by atoms with E-state index in [1.807, 2.05) is 6.92 Å². The number of hydrogen-bond acceptors (Lipinski definition) is 5. The van der Waals surface area contributed by atoms with Gasteiger partial charge in [0.25, 0.3) is 5.91 Å². The van der Waals surface area contributed by atoms with Crippen molar-refractivity contribution >= 4 is 15.9 Å². The number of rotatable bonds is 6. The lowest BCUT2D eigenvalue weighted by atomic mass is 10.2. The predicted molar refractivity (Wildman–Crippen MR) is 72.2 cm³/mol. The maximum absolute atomic E-state index is 11.9. The lowest BCUT2D eigenvalue weighted by Gasteiger charge is -2.18. The highest BCUT2D eigenvalue weighted by Gasteiger charge is 2.22. The third kappa shape index (κ3) is 4.27. The third-order valence-electron chi connectivity index (χ3n) is 2.67. The quantitative estimate of drug-likeness (QED) is 0.701. The molecule has 1 aromatic carbocycles. The molecule has 0 aliphatic carbocycles. The van der Waals surface area contributed by atoms with Crippen molar-refractivity contribution in [3.8, 4) is 0 Å². The number of hydrogen-bond donors (Lipinski definition) is 2. The molecule has 1 amide bonds. The minimum atomic E-state index is -3.76. The van der Waals surface area contributed by atoms with Crippen molar-refractivity contribution < 1.29 is 23.2 Å². The van der Waals surface area contributed by atoms with Gasteiger partial charge >= 0.3 is 0 Å². The van der Waals surface area contributed by atoms with Crippen LogP contribution in [0.5, 0.6) is 0 Å². The molecule has 20 heavy (non-hydrogen) atoms. The molecule has 2 N–H and O–H groups in total. The van der Waals surface area contributed by atoms with E-state index in [2.05, 4.69) is 9.56 Å². The topological polar surface area (TPSA) is 95.9 Å². The fraction of sp³-hybridized carbons (Fsp3) is 0.417. The monoisotopic (exact) mass is 302 g/mol. The number of carbonyl (C=O) groups excluding carboxylic acids is 1. The molecule has 112 valence electrons. The number of hydroxylamine groups is 2.